The van der Waals surface area contributed by atoms with Crippen LogP contribution in [-0.4, -0.2) is 35.9 Å². The van der Waals surface area contributed by atoms with E-state index in [4.69, 9.17) is 0 Å². The van der Waals surface area contributed by atoms with Gasteiger partial charge in [-0.15, -0.1) is 11.8 Å². The van der Waals surface area contributed by atoms with Crippen LogP contribution in [0.5, 0.6) is 0 Å². The van der Waals surface area contributed by atoms with E-state index in [-0.39, 0.29) is 0 Å². The Labute approximate surface area is 101 Å². The molecule has 1 fully saturated rings. The molecular formula is C11H18N4S. The minimum atomic E-state index is 0.773. The van der Waals surface area contributed by atoms with E-state index in [0.29, 0.717) is 0 Å². The van der Waals surface area contributed by atoms with Crippen molar-refractivity contribution in [1.82, 2.24) is 20.6 Å². The fourth-order valence-electron chi connectivity index (χ4n) is 1.93. The van der Waals surface area contributed by atoms with Gasteiger partial charge in [0.25, 0.3) is 0 Å². The first kappa shape index (κ1) is 11.8. The number of hydrogen-bond donors (Lipinski definition) is 2. The zero-order valence-corrected chi connectivity index (χ0v) is 10.4. The highest BCUT2D eigenvalue weighted by Gasteiger charge is 2.13. The summed E-state index contributed by atoms with van der Waals surface area (Å²) in [6, 6.07) is 0. The van der Waals surface area contributed by atoms with Gasteiger partial charge >= 0.3 is 0 Å². The first-order valence-corrected chi connectivity index (χ1v) is 6.88. The molecule has 0 saturated carbocycles. The highest BCUT2D eigenvalue weighted by atomic mass is 32.2. The van der Waals surface area contributed by atoms with Crippen LogP contribution < -0.4 is 10.6 Å². The first-order chi connectivity index (χ1) is 7.90. The molecule has 5 heteroatoms. The van der Waals surface area contributed by atoms with Gasteiger partial charge in [-0.25, -0.2) is 4.98 Å². The highest BCUT2D eigenvalue weighted by molar-refractivity contribution is 7.98. The SMILES string of the molecule is CSc1nccnc1CNC[C@H]1CCNC1. The van der Waals surface area contributed by atoms with E-state index in [9.17, 15) is 0 Å². The molecule has 2 rings (SSSR count). The summed E-state index contributed by atoms with van der Waals surface area (Å²) in [5.74, 6) is 0.773. The maximum atomic E-state index is 4.35. The van der Waals surface area contributed by atoms with E-state index < -0.39 is 0 Å². The van der Waals surface area contributed by atoms with Crippen molar-refractivity contribution in [3.05, 3.63) is 18.1 Å². The van der Waals surface area contributed by atoms with Crippen LogP contribution >= 0.6 is 11.8 Å². The summed E-state index contributed by atoms with van der Waals surface area (Å²) >= 11 is 1.65. The summed E-state index contributed by atoms with van der Waals surface area (Å²) in [7, 11) is 0. The Morgan fingerprint density at radius 1 is 1.50 bits per heavy atom. The van der Waals surface area contributed by atoms with E-state index in [1.807, 2.05) is 6.26 Å². The average molecular weight is 238 g/mol. The van der Waals surface area contributed by atoms with Gasteiger partial charge in [0.2, 0.25) is 0 Å². The third kappa shape index (κ3) is 3.17. The third-order valence-corrected chi connectivity index (χ3v) is 3.54. The third-order valence-electron chi connectivity index (χ3n) is 2.82. The van der Waals surface area contributed by atoms with Crippen LogP contribution in [0.4, 0.5) is 0 Å². The molecule has 0 amide bonds. The van der Waals surface area contributed by atoms with E-state index in [1.54, 1.807) is 24.2 Å². The molecule has 0 aliphatic carbocycles. The van der Waals surface area contributed by atoms with Crippen molar-refractivity contribution < 1.29 is 0 Å². The van der Waals surface area contributed by atoms with E-state index >= 15 is 0 Å². The predicted octanol–water partition coefficient (Wildman–Crippen LogP) is 0.898. The molecule has 1 atom stereocenters. The molecule has 1 aromatic rings. The molecule has 2 N–H and O–H groups in total. The van der Waals surface area contributed by atoms with Crippen LogP contribution in [0.15, 0.2) is 17.4 Å². The Kier molecular flexibility index (Phi) is 4.56. The van der Waals surface area contributed by atoms with Crippen molar-refractivity contribution in [2.24, 2.45) is 5.92 Å². The number of nitrogens with zero attached hydrogens (tertiary/aromatic N) is 2. The second-order valence-corrected chi connectivity index (χ2v) is 4.80. The Hall–Kier alpha value is -0.650. The molecule has 0 radical (unpaired) electrons. The van der Waals surface area contributed by atoms with Gasteiger partial charge in [-0.05, 0) is 38.2 Å². The van der Waals surface area contributed by atoms with Crippen LogP contribution in [0.25, 0.3) is 0 Å². The molecule has 2 heterocycles. The number of aromatic nitrogens is 2. The summed E-state index contributed by atoms with van der Waals surface area (Å²) in [5, 5.41) is 7.86. The summed E-state index contributed by atoms with van der Waals surface area (Å²) in [4.78, 5) is 8.65. The molecule has 1 saturated heterocycles. The monoisotopic (exact) mass is 238 g/mol. The van der Waals surface area contributed by atoms with Gasteiger partial charge in [0.15, 0.2) is 0 Å². The minimum Gasteiger partial charge on any atom is -0.316 e. The van der Waals surface area contributed by atoms with Gasteiger partial charge in [0.1, 0.15) is 5.03 Å². The topological polar surface area (TPSA) is 49.8 Å². The molecule has 0 unspecified atom stereocenters. The smallest absolute Gasteiger partial charge is 0.119 e. The van der Waals surface area contributed by atoms with Crippen LogP contribution in [0.2, 0.25) is 0 Å². The lowest BCUT2D eigenvalue weighted by molar-refractivity contribution is 0.506. The molecule has 1 aromatic heterocycles. The summed E-state index contributed by atoms with van der Waals surface area (Å²) in [6.07, 6.45) is 6.82. The van der Waals surface area contributed by atoms with E-state index in [2.05, 4.69) is 20.6 Å². The normalized spacial score (nSPS) is 20.2. The quantitative estimate of drug-likeness (QED) is 0.746. The zero-order valence-electron chi connectivity index (χ0n) is 9.57. The predicted molar refractivity (Wildman–Crippen MR) is 66.5 cm³/mol. The van der Waals surface area contributed by atoms with E-state index in [1.165, 1.54) is 6.42 Å². The standard InChI is InChI=1S/C11H18N4S/c1-16-11-10(14-4-5-15-11)8-13-7-9-2-3-12-6-9/h4-5,9,12-13H,2-3,6-8H2,1H3/t9-/m0/s1. The molecule has 0 spiro atoms. The van der Waals surface area contributed by atoms with Crippen molar-refractivity contribution >= 4 is 11.8 Å². The lowest BCUT2D eigenvalue weighted by Gasteiger charge is -2.10. The molecular weight excluding hydrogens is 220 g/mol. The molecule has 4 nitrogen and oxygen atoms in total. The Balaban J connectivity index is 1.79. The van der Waals surface area contributed by atoms with Gasteiger partial charge in [-0.2, -0.15) is 0 Å². The van der Waals surface area contributed by atoms with Crippen molar-refractivity contribution in [2.75, 3.05) is 25.9 Å². The van der Waals surface area contributed by atoms with Gasteiger partial charge in [-0.3, -0.25) is 4.98 Å². The molecule has 88 valence electrons. The van der Waals surface area contributed by atoms with Crippen molar-refractivity contribution in [2.45, 2.75) is 18.0 Å². The largest absolute Gasteiger partial charge is 0.316 e. The molecule has 0 bridgehead atoms. The van der Waals surface area contributed by atoms with Gasteiger partial charge < -0.3 is 10.6 Å². The number of rotatable bonds is 5. The first-order valence-electron chi connectivity index (χ1n) is 5.65. The van der Waals surface area contributed by atoms with Gasteiger partial charge in [0, 0.05) is 18.9 Å². The minimum absolute atomic E-state index is 0.773. The Bertz CT molecular complexity index is 326. The second kappa shape index (κ2) is 6.18. The van der Waals surface area contributed by atoms with Crippen LogP contribution in [0, 0.1) is 5.92 Å². The highest BCUT2D eigenvalue weighted by Crippen LogP contribution is 2.14. The fraction of sp³-hybridized carbons (Fsp3) is 0.636. The number of hydrogen-bond acceptors (Lipinski definition) is 5. The van der Waals surface area contributed by atoms with Crippen LogP contribution in [-0.2, 0) is 6.54 Å². The summed E-state index contributed by atoms with van der Waals surface area (Å²) in [5.41, 5.74) is 1.06. The molecule has 1 aliphatic heterocycles. The molecule has 1 aliphatic rings. The maximum Gasteiger partial charge on any atom is 0.119 e. The Morgan fingerprint density at radius 3 is 3.12 bits per heavy atom. The number of nitrogens with one attached hydrogen (secondary N) is 2. The Morgan fingerprint density at radius 2 is 2.38 bits per heavy atom. The van der Waals surface area contributed by atoms with Crippen molar-refractivity contribution in [1.29, 1.82) is 0 Å². The lowest BCUT2D eigenvalue weighted by atomic mass is 10.1. The fourth-order valence-corrected chi connectivity index (χ4v) is 2.46. The lowest BCUT2D eigenvalue weighted by Crippen LogP contribution is -2.24. The van der Waals surface area contributed by atoms with Gasteiger partial charge in [0.05, 0.1) is 5.69 Å². The molecule has 0 aromatic carbocycles. The zero-order chi connectivity index (χ0) is 11.2. The van der Waals surface area contributed by atoms with Crippen LogP contribution in [0.3, 0.4) is 0 Å². The van der Waals surface area contributed by atoms with Crippen LogP contribution in [0.1, 0.15) is 12.1 Å². The van der Waals surface area contributed by atoms with E-state index in [0.717, 1.165) is 42.8 Å². The van der Waals surface area contributed by atoms with Crippen molar-refractivity contribution in [3.8, 4) is 0 Å². The van der Waals surface area contributed by atoms with Gasteiger partial charge in [-0.1, -0.05) is 0 Å². The second-order valence-electron chi connectivity index (χ2n) is 4.00. The summed E-state index contributed by atoms with van der Waals surface area (Å²) < 4.78 is 0. The summed E-state index contributed by atoms with van der Waals surface area (Å²) in [6.45, 7) is 4.19. The van der Waals surface area contributed by atoms with Crippen molar-refractivity contribution in [3.63, 3.8) is 0 Å². The molecule has 16 heavy (non-hydrogen) atoms. The average Bonchev–Trinajstić information content (AvgIpc) is 2.83. The number of thioether (sulfide) groups is 1. The maximum absolute atomic E-state index is 4.35.